The molecule has 2 aromatic carbocycles. The van der Waals surface area contributed by atoms with Crippen LogP contribution in [0.1, 0.15) is 76.5 Å². The normalized spacial score (nSPS) is 14.7. The van der Waals surface area contributed by atoms with Gasteiger partial charge in [-0.2, -0.15) is 0 Å². The molecule has 0 radical (unpaired) electrons. The Morgan fingerprint density at radius 3 is 2.12 bits per heavy atom. The lowest BCUT2D eigenvalue weighted by Crippen LogP contribution is -2.22. The smallest absolute Gasteiger partial charge is 0.200 e. The molecule has 0 bridgehead atoms. The molecule has 0 fully saturated rings. The van der Waals surface area contributed by atoms with Gasteiger partial charge in [-0.25, -0.2) is 0 Å². The minimum atomic E-state index is -0.218. The molecule has 2 rings (SSSR count). The zero-order valence-electron chi connectivity index (χ0n) is 16.1. The molecule has 2 aromatic rings. The van der Waals surface area contributed by atoms with Crippen molar-refractivity contribution in [3.05, 3.63) is 65.7 Å². The van der Waals surface area contributed by atoms with E-state index in [4.69, 9.17) is 9.47 Å². The molecule has 0 saturated carbocycles. The first-order valence-electron chi connectivity index (χ1n) is 9.61. The van der Waals surface area contributed by atoms with E-state index in [-0.39, 0.29) is 12.4 Å². The van der Waals surface area contributed by atoms with Gasteiger partial charge >= 0.3 is 0 Å². The van der Waals surface area contributed by atoms with Gasteiger partial charge in [-0.1, -0.05) is 69.7 Å². The number of benzene rings is 2. The van der Waals surface area contributed by atoms with Crippen LogP contribution in [0.2, 0.25) is 0 Å². The molecular weight excluding hydrogens is 308 g/mol. The predicted octanol–water partition coefficient (Wildman–Crippen LogP) is 6.87. The van der Waals surface area contributed by atoms with E-state index in [0.29, 0.717) is 5.92 Å². The molecule has 2 heteroatoms. The molecule has 0 heterocycles. The Labute approximate surface area is 153 Å². The quantitative estimate of drug-likeness (QED) is 0.439. The Balaban J connectivity index is 2.01. The first-order valence-corrected chi connectivity index (χ1v) is 9.61. The van der Waals surface area contributed by atoms with Crippen molar-refractivity contribution in [2.24, 2.45) is 0 Å². The van der Waals surface area contributed by atoms with Gasteiger partial charge in [0.25, 0.3) is 0 Å². The lowest BCUT2D eigenvalue weighted by molar-refractivity contribution is -0.120. The highest BCUT2D eigenvalue weighted by Gasteiger charge is 2.16. The van der Waals surface area contributed by atoms with Gasteiger partial charge < -0.3 is 9.47 Å². The maximum atomic E-state index is 6.22. The first kappa shape index (κ1) is 19.5. The lowest BCUT2D eigenvalue weighted by atomic mass is 9.99. The van der Waals surface area contributed by atoms with Gasteiger partial charge in [-0.05, 0) is 48.9 Å². The molecule has 136 valence electrons. The van der Waals surface area contributed by atoms with Crippen LogP contribution in [0, 0.1) is 0 Å². The van der Waals surface area contributed by atoms with Crippen LogP contribution in [-0.2, 0) is 4.74 Å². The Kier molecular flexibility index (Phi) is 8.00. The van der Waals surface area contributed by atoms with Crippen molar-refractivity contribution in [2.45, 2.75) is 71.7 Å². The third-order valence-corrected chi connectivity index (χ3v) is 4.75. The van der Waals surface area contributed by atoms with Crippen LogP contribution in [0.4, 0.5) is 0 Å². The van der Waals surface area contributed by atoms with Gasteiger partial charge in [0.05, 0.1) is 6.10 Å². The minimum absolute atomic E-state index is 0.0162. The van der Waals surface area contributed by atoms with Crippen molar-refractivity contribution in [3.63, 3.8) is 0 Å². The summed E-state index contributed by atoms with van der Waals surface area (Å²) < 4.78 is 12.4. The summed E-state index contributed by atoms with van der Waals surface area (Å²) in [6.07, 6.45) is 4.08. The average Bonchev–Trinajstić information content (AvgIpc) is 2.66. The monoisotopic (exact) mass is 340 g/mol. The summed E-state index contributed by atoms with van der Waals surface area (Å²) in [6.45, 7) is 8.75. The summed E-state index contributed by atoms with van der Waals surface area (Å²) in [7, 11) is 0. The molecule has 3 atom stereocenters. The lowest BCUT2D eigenvalue weighted by Gasteiger charge is -2.24. The fourth-order valence-electron chi connectivity index (χ4n) is 2.82. The Hall–Kier alpha value is -1.80. The Morgan fingerprint density at radius 1 is 0.840 bits per heavy atom. The van der Waals surface area contributed by atoms with E-state index in [1.807, 2.05) is 18.2 Å². The second kappa shape index (κ2) is 10.2. The minimum Gasteiger partial charge on any atom is -0.465 e. The van der Waals surface area contributed by atoms with Crippen LogP contribution in [0.15, 0.2) is 54.6 Å². The average molecular weight is 341 g/mol. The number of hydrogen-bond donors (Lipinski definition) is 0. The van der Waals surface area contributed by atoms with E-state index < -0.39 is 0 Å². The van der Waals surface area contributed by atoms with Gasteiger partial charge in [-0.15, -0.1) is 0 Å². The standard InChI is InChI=1S/C23H32O2/c1-5-7-13-23(24-19(4)21-11-9-8-10-12-21)25-22-16-14-20(15-17-22)18(3)6-2/h8-12,14-19,23H,5-7,13H2,1-4H3. The fourth-order valence-corrected chi connectivity index (χ4v) is 2.82. The van der Waals surface area contributed by atoms with E-state index in [0.717, 1.165) is 31.4 Å². The van der Waals surface area contributed by atoms with E-state index >= 15 is 0 Å². The highest BCUT2D eigenvalue weighted by Crippen LogP contribution is 2.25. The second-order valence-corrected chi connectivity index (χ2v) is 6.76. The summed E-state index contributed by atoms with van der Waals surface area (Å²) >= 11 is 0. The first-order chi connectivity index (χ1) is 12.1. The van der Waals surface area contributed by atoms with E-state index in [9.17, 15) is 0 Å². The maximum Gasteiger partial charge on any atom is 0.200 e. The number of unbranched alkanes of at least 4 members (excludes halogenated alkanes) is 1. The van der Waals surface area contributed by atoms with E-state index in [1.54, 1.807) is 0 Å². The van der Waals surface area contributed by atoms with E-state index in [2.05, 4.69) is 64.1 Å². The van der Waals surface area contributed by atoms with Gasteiger partial charge in [0, 0.05) is 6.42 Å². The summed E-state index contributed by atoms with van der Waals surface area (Å²) in [4.78, 5) is 0. The third kappa shape index (κ3) is 6.21. The number of rotatable bonds is 10. The molecule has 0 aliphatic carbocycles. The van der Waals surface area contributed by atoms with Gasteiger partial charge in [0.1, 0.15) is 5.75 Å². The molecule has 0 N–H and O–H groups in total. The highest BCUT2D eigenvalue weighted by molar-refractivity contribution is 5.29. The summed E-state index contributed by atoms with van der Waals surface area (Å²) in [5.41, 5.74) is 2.54. The molecule has 0 spiro atoms. The molecular formula is C23H32O2. The van der Waals surface area contributed by atoms with Crippen LogP contribution in [0.3, 0.4) is 0 Å². The molecule has 25 heavy (non-hydrogen) atoms. The zero-order valence-corrected chi connectivity index (χ0v) is 16.1. The molecule has 0 aromatic heterocycles. The van der Waals surface area contributed by atoms with E-state index in [1.165, 1.54) is 11.1 Å². The summed E-state index contributed by atoms with van der Waals surface area (Å²) in [5.74, 6) is 1.47. The Morgan fingerprint density at radius 2 is 1.52 bits per heavy atom. The maximum absolute atomic E-state index is 6.22. The molecule has 2 nitrogen and oxygen atoms in total. The van der Waals surface area contributed by atoms with Crippen molar-refractivity contribution in [1.82, 2.24) is 0 Å². The van der Waals surface area contributed by atoms with Crippen molar-refractivity contribution < 1.29 is 9.47 Å². The number of ether oxygens (including phenoxy) is 2. The fraction of sp³-hybridized carbons (Fsp3) is 0.478. The highest BCUT2D eigenvalue weighted by atomic mass is 16.7. The largest absolute Gasteiger partial charge is 0.465 e. The molecule has 3 unspecified atom stereocenters. The SMILES string of the molecule is CCCCC(Oc1ccc(C(C)CC)cc1)OC(C)c1ccccc1. The summed E-state index contributed by atoms with van der Waals surface area (Å²) in [5, 5.41) is 0. The Bertz CT molecular complexity index is 591. The predicted molar refractivity (Wildman–Crippen MR) is 105 cm³/mol. The van der Waals surface area contributed by atoms with Crippen molar-refractivity contribution >= 4 is 0 Å². The zero-order chi connectivity index (χ0) is 18.1. The number of hydrogen-bond acceptors (Lipinski definition) is 2. The van der Waals surface area contributed by atoms with Crippen LogP contribution in [-0.4, -0.2) is 6.29 Å². The van der Waals surface area contributed by atoms with Crippen molar-refractivity contribution in [1.29, 1.82) is 0 Å². The van der Waals surface area contributed by atoms with Crippen molar-refractivity contribution in [3.8, 4) is 5.75 Å². The summed E-state index contributed by atoms with van der Waals surface area (Å²) in [6, 6.07) is 18.8. The molecule has 0 aliphatic heterocycles. The van der Waals surface area contributed by atoms with Crippen LogP contribution in [0.25, 0.3) is 0 Å². The van der Waals surface area contributed by atoms with Crippen molar-refractivity contribution in [2.75, 3.05) is 0 Å². The third-order valence-electron chi connectivity index (χ3n) is 4.75. The van der Waals surface area contributed by atoms with Crippen LogP contribution >= 0.6 is 0 Å². The topological polar surface area (TPSA) is 18.5 Å². The molecule has 0 saturated heterocycles. The van der Waals surface area contributed by atoms with Crippen LogP contribution in [0.5, 0.6) is 5.75 Å². The molecule has 0 aliphatic rings. The van der Waals surface area contributed by atoms with Gasteiger partial charge in [0.2, 0.25) is 0 Å². The van der Waals surface area contributed by atoms with Crippen LogP contribution < -0.4 is 4.74 Å². The van der Waals surface area contributed by atoms with Gasteiger partial charge in [-0.3, -0.25) is 0 Å². The second-order valence-electron chi connectivity index (χ2n) is 6.76. The van der Waals surface area contributed by atoms with Gasteiger partial charge in [0.15, 0.2) is 6.29 Å². The molecule has 0 amide bonds.